The minimum atomic E-state index is 0.0588. The van der Waals surface area contributed by atoms with Gasteiger partial charge in [-0.25, -0.2) is 0 Å². The topological polar surface area (TPSA) is 45.0 Å². The van der Waals surface area contributed by atoms with Gasteiger partial charge in [0.1, 0.15) is 6.10 Å². The fraction of sp³-hybridized carbons (Fsp3) is 0.900. The van der Waals surface area contributed by atoms with Crippen LogP contribution in [0.3, 0.4) is 0 Å². The Hall–Kier alpha value is -0.750. The molecule has 1 saturated heterocycles. The second-order valence-corrected chi connectivity index (χ2v) is 5.13. The van der Waals surface area contributed by atoms with Crippen LogP contribution >= 0.6 is 0 Å². The molecular formula is C10H18N2O. The van der Waals surface area contributed by atoms with E-state index in [4.69, 9.17) is 10.00 Å². The number of rotatable bonds is 1. The minimum Gasteiger partial charge on any atom is -0.424 e. The molecule has 1 aliphatic rings. The normalized spacial score (nSPS) is 26.4. The van der Waals surface area contributed by atoms with E-state index >= 15 is 0 Å². The van der Waals surface area contributed by atoms with Crippen molar-refractivity contribution in [3.8, 4) is 6.26 Å². The molecule has 0 aliphatic carbocycles. The van der Waals surface area contributed by atoms with Crippen molar-refractivity contribution in [2.75, 3.05) is 0 Å². The quantitative estimate of drug-likeness (QED) is 0.629. The molecular weight excluding hydrogens is 164 g/mol. The predicted molar refractivity (Wildman–Crippen MR) is 51.0 cm³/mol. The monoisotopic (exact) mass is 182 g/mol. The number of piperidine rings is 1. The zero-order valence-corrected chi connectivity index (χ0v) is 8.85. The lowest BCUT2D eigenvalue weighted by Crippen LogP contribution is -2.59. The molecule has 0 atom stereocenters. The second-order valence-electron chi connectivity index (χ2n) is 5.13. The molecule has 3 nitrogen and oxygen atoms in total. The molecule has 0 unspecified atom stereocenters. The lowest BCUT2D eigenvalue weighted by Gasteiger charge is -2.45. The largest absolute Gasteiger partial charge is 0.424 e. The molecule has 74 valence electrons. The summed E-state index contributed by atoms with van der Waals surface area (Å²) in [6.45, 7) is 8.56. The van der Waals surface area contributed by atoms with Gasteiger partial charge >= 0.3 is 0 Å². The van der Waals surface area contributed by atoms with Crippen LogP contribution in [0.15, 0.2) is 0 Å². The number of nitriles is 1. The Morgan fingerprint density at radius 1 is 1.23 bits per heavy atom. The third-order valence-corrected chi connectivity index (χ3v) is 2.37. The smallest absolute Gasteiger partial charge is 0.286 e. The van der Waals surface area contributed by atoms with Crippen molar-refractivity contribution in [1.29, 1.82) is 5.26 Å². The summed E-state index contributed by atoms with van der Waals surface area (Å²) in [5.74, 6) is 0. The summed E-state index contributed by atoms with van der Waals surface area (Å²) in [6, 6.07) is 0. The third-order valence-electron chi connectivity index (χ3n) is 2.37. The van der Waals surface area contributed by atoms with Gasteiger partial charge in [-0.3, -0.25) is 0 Å². The summed E-state index contributed by atoms with van der Waals surface area (Å²) < 4.78 is 5.02. The van der Waals surface area contributed by atoms with E-state index in [-0.39, 0.29) is 17.2 Å². The van der Waals surface area contributed by atoms with Crippen molar-refractivity contribution in [2.45, 2.75) is 57.7 Å². The molecule has 1 fully saturated rings. The molecule has 0 amide bonds. The highest BCUT2D eigenvalue weighted by Gasteiger charge is 2.38. The average molecular weight is 182 g/mol. The Morgan fingerprint density at radius 2 is 1.69 bits per heavy atom. The van der Waals surface area contributed by atoms with Crippen LogP contribution in [0.2, 0.25) is 0 Å². The summed E-state index contributed by atoms with van der Waals surface area (Å²) >= 11 is 0. The number of ether oxygens (including phenoxy) is 1. The molecule has 13 heavy (non-hydrogen) atoms. The van der Waals surface area contributed by atoms with Crippen LogP contribution in [-0.4, -0.2) is 17.2 Å². The lowest BCUT2D eigenvalue weighted by molar-refractivity contribution is 0.0359. The first-order valence-corrected chi connectivity index (χ1v) is 4.69. The lowest BCUT2D eigenvalue weighted by atomic mass is 9.81. The van der Waals surface area contributed by atoms with E-state index in [2.05, 4.69) is 33.0 Å². The standard InChI is InChI=1S/C10H18N2O/c1-9(2)5-8(13-7-11)6-10(3,4)12-9/h8,12H,5-6H2,1-4H3. The molecule has 0 radical (unpaired) electrons. The Balaban J connectivity index is 2.67. The molecule has 0 aromatic carbocycles. The number of hydrogen-bond acceptors (Lipinski definition) is 3. The van der Waals surface area contributed by atoms with E-state index < -0.39 is 0 Å². The van der Waals surface area contributed by atoms with Gasteiger partial charge in [0.05, 0.1) is 0 Å². The van der Waals surface area contributed by atoms with Gasteiger partial charge in [-0.15, -0.1) is 0 Å². The van der Waals surface area contributed by atoms with Crippen LogP contribution in [0.5, 0.6) is 0 Å². The number of nitrogens with zero attached hydrogens (tertiary/aromatic N) is 1. The zero-order valence-electron chi connectivity index (χ0n) is 8.85. The highest BCUT2D eigenvalue weighted by atomic mass is 16.5. The molecule has 1 aliphatic heterocycles. The first kappa shape index (κ1) is 10.3. The molecule has 0 spiro atoms. The highest BCUT2D eigenvalue weighted by molar-refractivity contribution is 4.98. The van der Waals surface area contributed by atoms with Crippen LogP contribution in [0.4, 0.5) is 0 Å². The fourth-order valence-electron chi connectivity index (χ4n) is 2.39. The summed E-state index contributed by atoms with van der Waals surface area (Å²) in [5, 5.41) is 12.0. The Bertz CT molecular complexity index is 212. The van der Waals surface area contributed by atoms with Gasteiger partial charge < -0.3 is 10.1 Å². The van der Waals surface area contributed by atoms with Crippen molar-refractivity contribution in [2.24, 2.45) is 0 Å². The van der Waals surface area contributed by atoms with E-state index in [1.807, 2.05) is 0 Å². The summed E-state index contributed by atoms with van der Waals surface area (Å²) in [4.78, 5) is 0. The van der Waals surface area contributed by atoms with Crippen molar-refractivity contribution < 1.29 is 4.74 Å². The zero-order chi connectivity index (χ0) is 10.1. The van der Waals surface area contributed by atoms with Crippen molar-refractivity contribution in [3.05, 3.63) is 0 Å². The summed E-state index contributed by atoms with van der Waals surface area (Å²) in [5.41, 5.74) is 0.118. The van der Waals surface area contributed by atoms with Gasteiger partial charge in [0.2, 0.25) is 0 Å². The molecule has 0 aromatic rings. The summed E-state index contributed by atoms with van der Waals surface area (Å²) in [6.07, 6.45) is 3.64. The molecule has 0 aromatic heterocycles. The maximum Gasteiger partial charge on any atom is 0.286 e. The average Bonchev–Trinajstić information content (AvgIpc) is 1.78. The van der Waals surface area contributed by atoms with Gasteiger partial charge in [0.25, 0.3) is 6.26 Å². The van der Waals surface area contributed by atoms with Crippen LogP contribution in [-0.2, 0) is 4.74 Å². The molecule has 0 saturated carbocycles. The molecule has 0 bridgehead atoms. The van der Waals surface area contributed by atoms with Crippen LogP contribution in [0, 0.1) is 11.5 Å². The van der Waals surface area contributed by atoms with Gasteiger partial charge in [-0.05, 0) is 27.7 Å². The number of hydrogen-bond donors (Lipinski definition) is 1. The van der Waals surface area contributed by atoms with E-state index in [1.54, 1.807) is 6.26 Å². The van der Waals surface area contributed by atoms with E-state index in [0.717, 1.165) is 12.8 Å². The predicted octanol–water partition coefficient (Wildman–Crippen LogP) is 1.79. The van der Waals surface area contributed by atoms with Crippen LogP contribution < -0.4 is 5.32 Å². The maximum absolute atomic E-state index is 8.47. The first-order chi connectivity index (χ1) is 5.85. The van der Waals surface area contributed by atoms with Gasteiger partial charge in [-0.2, -0.15) is 5.26 Å². The van der Waals surface area contributed by atoms with Crippen molar-refractivity contribution in [1.82, 2.24) is 5.32 Å². The first-order valence-electron chi connectivity index (χ1n) is 4.69. The van der Waals surface area contributed by atoms with Crippen molar-refractivity contribution >= 4 is 0 Å². The minimum absolute atomic E-state index is 0.0588. The van der Waals surface area contributed by atoms with Crippen LogP contribution in [0.1, 0.15) is 40.5 Å². The molecule has 1 N–H and O–H groups in total. The molecule has 1 rings (SSSR count). The SMILES string of the molecule is CC1(C)CC(OC#N)CC(C)(C)N1. The van der Waals surface area contributed by atoms with Crippen molar-refractivity contribution in [3.63, 3.8) is 0 Å². The second kappa shape index (κ2) is 3.19. The van der Waals surface area contributed by atoms with Gasteiger partial charge in [0.15, 0.2) is 0 Å². The fourth-order valence-corrected chi connectivity index (χ4v) is 2.39. The molecule has 3 heteroatoms. The van der Waals surface area contributed by atoms with E-state index in [9.17, 15) is 0 Å². The summed E-state index contributed by atoms with van der Waals surface area (Å²) in [7, 11) is 0. The van der Waals surface area contributed by atoms with Gasteiger partial charge in [-0.1, -0.05) is 0 Å². The van der Waals surface area contributed by atoms with Crippen LogP contribution in [0.25, 0.3) is 0 Å². The number of nitrogens with one attached hydrogen (secondary N) is 1. The Labute approximate surface area is 80.1 Å². The Morgan fingerprint density at radius 3 is 2.08 bits per heavy atom. The Kier molecular flexibility index (Phi) is 2.53. The van der Waals surface area contributed by atoms with E-state index in [1.165, 1.54) is 0 Å². The van der Waals surface area contributed by atoms with E-state index in [0.29, 0.717) is 0 Å². The van der Waals surface area contributed by atoms with Gasteiger partial charge in [0, 0.05) is 23.9 Å². The third kappa shape index (κ3) is 2.89. The maximum atomic E-state index is 8.47. The molecule has 1 heterocycles. The highest BCUT2D eigenvalue weighted by Crippen LogP contribution is 2.29.